The Morgan fingerprint density at radius 1 is 0.839 bits per heavy atom. The van der Waals surface area contributed by atoms with Crippen molar-refractivity contribution in [1.29, 1.82) is 0 Å². The highest BCUT2D eigenvalue weighted by atomic mass is 79.9. The summed E-state index contributed by atoms with van der Waals surface area (Å²) in [6, 6.07) is 19.1. The van der Waals surface area contributed by atoms with Crippen LogP contribution in [0.4, 0.5) is 5.69 Å². The zero-order chi connectivity index (χ0) is 22.0. The smallest absolute Gasteiger partial charge is 0.250 e. The normalized spacial score (nSPS) is 12.3. The molecule has 0 radical (unpaired) electrons. The molecule has 0 atom stereocenters. The summed E-state index contributed by atoms with van der Waals surface area (Å²) in [5, 5.41) is 5.53. The Bertz CT molecular complexity index is 1270. The fourth-order valence-corrected chi connectivity index (χ4v) is 3.72. The molecule has 0 unspecified atom stereocenters. The predicted octanol–water partition coefficient (Wildman–Crippen LogP) is 4.75. The van der Waals surface area contributed by atoms with Crippen molar-refractivity contribution < 1.29 is 14.4 Å². The third-order valence-electron chi connectivity index (χ3n) is 4.72. The van der Waals surface area contributed by atoms with E-state index in [0.29, 0.717) is 27.9 Å². The van der Waals surface area contributed by atoms with Crippen molar-refractivity contribution in [1.82, 2.24) is 5.32 Å². The molecule has 0 heterocycles. The quantitative estimate of drug-likeness (QED) is 0.320. The minimum atomic E-state index is -0.390. The molecule has 0 fully saturated rings. The lowest BCUT2D eigenvalue weighted by Gasteiger charge is -2.18. The van der Waals surface area contributed by atoms with Gasteiger partial charge in [0, 0.05) is 38.5 Å². The number of anilines is 1. The summed E-state index contributed by atoms with van der Waals surface area (Å²) < 4.78 is 0.952. The minimum Gasteiger partial charge on any atom is -0.332 e. The van der Waals surface area contributed by atoms with E-state index in [4.69, 9.17) is 12.2 Å². The maximum absolute atomic E-state index is 12.8. The second-order valence-electron chi connectivity index (χ2n) is 6.79. The molecule has 0 saturated heterocycles. The Morgan fingerprint density at radius 3 is 2.13 bits per heavy atom. The molecule has 0 aliphatic heterocycles. The van der Waals surface area contributed by atoms with Crippen molar-refractivity contribution in [3.05, 3.63) is 105 Å². The van der Waals surface area contributed by atoms with Gasteiger partial charge >= 0.3 is 0 Å². The van der Waals surface area contributed by atoms with E-state index in [1.807, 2.05) is 24.3 Å². The molecular weight excluding hydrogens is 476 g/mol. The van der Waals surface area contributed by atoms with Gasteiger partial charge in [-0.15, -0.1) is 0 Å². The van der Waals surface area contributed by atoms with Gasteiger partial charge in [0.1, 0.15) is 0 Å². The highest BCUT2D eigenvalue weighted by Crippen LogP contribution is 2.29. The minimum absolute atomic E-state index is 0.0837. The standard InChI is InChI=1S/C24H15BrN2O3S/c25-15-8-5-14(6-9-15)7-12-21(28)27-24(31)26-16-10-11-19-20(13-16)23(30)18-4-2-1-3-17(18)22(19)29/h1-13H,(H2,26,27,28,31). The van der Waals surface area contributed by atoms with Crippen molar-refractivity contribution >= 4 is 62.5 Å². The second kappa shape index (κ2) is 8.75. The zero-order valence-corrected chi connectivity index (χ0v) is 18.4. The van der Waals surface area contributed by atoms with Crippen LogP contribution in [0.5, 0.6) is 0 Å². The number of hydrogen-bond acceptors (Lipinski definition) is 4. The number of rotatable bonds is 3. The van der Waals surface area contributed by atoms with Gasteiger partial charge in [-0.25, -0.2) is 0 Å². The van der Waals surface area contributed by atoms with Gasteiger partial charge < -0.3 is 5.32 Å². The number of halogens is 1. The lowest BCUT2D eigenvalue weighted by atomic mass is 9.84. The van der Waals surface area contributed by atoms with Crippen LogP contribution in [0.15, 0.2) is 77.3 Å². The molecule has 0 saturated carbocycles. The number of nitrogens with one attached hydrogen (secondary N) is 2. The van der Waals surface area contributed by atoms with Gasteiger partial charge in [-0.1, -0.05) is 52.3 Å². The molecule has 152 valence electrons. The third-order valence-corrected chi connectivity index (χ3v) is 5.45. The van der Waals surface area contributed by atoms with Crippen molar-refractivity contribution in [2.75, 3.05) is 5.32 Å². The third kappa shape index (κ3) is 4.52. The van der Waals surface area contributed by atoms with Crippen molar-refractivity contribution in [3.8, 4) is 0 Å². The molecule has 4 rings (SSSR count). The summed E-state index contributed by atoms with van der Waals surface area (Å²) in [5.41, 5.74) is 2.81. The lowest BCUT2D eigenvalue weighted by molar-refractivity contribution is -0.115. The molecule has 1 amide bonds. The van der Waals surface area contributed by atoms with Crippen LogP contribution in [0.2, 0.25) is 0 Å². The van der Waals surface area contributed by atoms with Crippen LogP contribution in [0.1, 0.15) is 37.4 Å². The Morgan fingerprint density at radius 2 is 1.45 bits per heavy atom. The molecule has 0 spiro atoms. The van der Waals surface area contributed by atoms with E-state index in [-0.39, 0.29) is 16.7 Å². The van der Waals surface area contributed by atoms with Gasteiger partial charge in [0.2, 0.25) is 5.91 Å². The first-order valence-corrected chi connectivity index (χ1v) is 10.5. The van der Waals surface area contributed by atoms with E-state index in [1.54, 1.807) is 48.5 Å². The van der Waals surface area contributed by atoms with Crippen LogP contribution in [-0.4, -0.2) is 22.6 Å². The largest absolute Gasteiger partial charge is 0.332 e. The maximum Gasteiger partial charge on any atom is 0.250 e. The molecule has 7 heteroatoms. The molecule has 0 aromatic heterocycles. The van der Waals surface area contributed by atoms with Crippen LogP contribution in [0.3, 0.4) is 0 Å². The van der Waals surface area contributed by atoms with E-state index in [0.717, 1.165) is 10.0 Å². The number of carbonyl (C=O) groups is 3. The summed E-state index contributed by atoms with van der Waals surface area (Å²) in [6.45, 7) is 0. The van der Waals surface area contributed by atoms with Crippen LogP contribution < -0.4 is 10.6 Å². The first-order chi connectivity index (χ1) is 14.9. The molecule has 3 aromatic carbocycles. The molecule has 0 bridgehead atoms. The van der Waals surface area contributed by atoms with Gasteiger partial charge in [0.15, 0.2) is 16.7 Å². The first-order valence-electron chi connectivity index (χ1n) is 9.30. The number of amides is 1. The molecule has 31 heavy (non-hydrogen) atoms. The molecule has 1 aliphatic carbocycles. The Kier molecular flexibility index (Phi) is 5.88. The van der Waals surface area contributed by atoms with Gasteiger partial charge in [-0.2, -0.15) is 0 Å². The number of carbonyl (C=O) groups excluding carboxylic acids is 3. The summed E-state index contributed by atoms with van der Waals surface area (Å²) in [6.07, 6.45) is 3.05. The van der Waals surface area contributed by atoms with E-state index in [9.17, 15) is 14.4 Å². The molecule has 3 aromatic rings. The fraction of sp³-hybridized carbons (Fsp3) is 0. The number of hydrogen-bond donors (Lipinski definition) is 2. The molecular formula is C24H15BrN2O3S. The Balaban J connectivity index is 1.45. The first kappa shape index (κ1) is 20.8. The van der Waals surface area contributed by atoms with Gasteiger partial charge in [-0.3, -0.25) is 19.7 Å². The van der Waals surface area contributed by atoms with Crippen LogP contribution in [-0.2, 0) is 4.79 Å². The monoisotopic (exact) mass is 490 g/mol. The van der Waals surface area contributed by atoms with E-state index in [1.165, 1.54) is 6.08 Å². The van der Waals surface area contributed by atoms with Gasteiger partial charge in [0.25, 0.3) is 0 Å². The summed E-state index contributed by atoms with van der Waals surface area (Å²) in [4.78, 5) is 37.6. The van der Waals surface area contributed by atoms with E-state index in [2.05, 4.69) is 26.6 Å². The van der Waals surface area contributed by atoms with Crippen LogP contribution in [0.25, 0.3) is 6.08 Å². The molecule has 2 N–H and O–H groups in total. The van der Waals surface area contributed by atoms with Crippen LogP contribution >= 0.6 is 28.1 Å². The van der Waals surface area contributed by atoms with Crippen molar-refractivity contribution in [3.63, 3.8) is 0 Å². The fourth-order valence-electron chi connectivity index (χ4n) is 3.24. The van der Waals surface area contributed by atoms with E-state index < -0.39 is 5.91 Å². The summed E-state index contributed by atoms with van der Waals surface area (Å²) in [5.74, 6) is -0.800. The summed E-state index contributed by atoms with van der Waals surface area (Å²) >= 11 is 8.55. The van der Waals surface area contributed by atoms with Crippen molar-refractivity contribution in [2.24, 2.45) is 0 Å². The molecule has 5 nitrogen and oxygen atoms in total. The zero-order valence-electron chi connectivity index (χ0n) is 16.0. The Hall–Kier alpha value is -3.42. The average Bonchev–Trinajstić information content (AvgIpc) is 2.77. The average molecular weight is 491 g/mol. The number of fused-ring (bicyclic) bond motifs is 2. The number of ketones is 2. The van der Waals surface area contributed by atoms with E-state index >= 15 is 0 Å². The number of benzene rings is 3. The highest BCUT2D eigenvalue weighted by molar-refractivity contribution is 9.10. The SMILES string of the molecule is O=C(C=Cc1ccc(Br)cc1)NC(=S)Nc1ccc2c(c1)C(=O)c1ccccc1C2=O. The Labute approximate surface area is 192 Å². The lowest BCUT2D eigenvalue weighted by Crippen LogP contribution is -2.33. The molecule has 1 aliphatic rings. The predicted molar refractivity (Wildman–Crippen MR) is 127 cm³/mol. The van der Waals surface area contributed by atoms with Crippen molar-refractivity contribution in [2.45, 2.75) is 0 Å². The maximum atomic E-state index is 12.8. The van der Waals surface area contributed by atoms with Crippen LogP contribution in [0, 0.1) is 0 Å². The topological polar surface area (TPSA) is 75.3 Å². The van der Waals surface area contributed by atoms with Gasteiger partial charge in [0.05, 0.1) is 0 Å². The van der Waals surface area contributed by atoms with Gasteiger partial charge in [-0.05, 0) is 54.2 Å². The highest BCUT2D eigenvalue weighted by Gasteiger charge is 2.29. The summed E-state index contributed by atoms with van der Waals surface area (Å²) in [7, 11) is 0. The number of thiocarbonyl (C=S) groups is 1. The second-order valence-corrected chi connectivity index (χ2v) is 8.12.